The molecule has 1 heterocycles. The van der Waals surface area contributed by atoms with Crippen LogP contribution in [0.25, 0.3) is 0 Å². The molecule has 0 aliphatic heterocycles. The Hall–Kier alpha value is -0.800. The molecule has 0 atom stereocenters. The fraction of sp³-hybridized carbons (Fsp3) is 0.500. The van der Waals surface area contributed by atoms with Gasteiger partial charge in [0.05, 0.1) is 6.61 Å². The van der Waals surface area contributed by atoms with Crippen LogP contribution in [0.1, 0.15) is 12.5 Å². The van der Waals surface area contributed by atoms with Crippen LogP contribution < -0.4 is 0 Å². The quantitative estimate of drug-likeness (QED) is 0.703. The van der Waals surface area contributed by atoms with Gasteiger partial charge in [0, 0.05) is 19.0 Å². The molecule has 0 aliphatic rings. The summed E-state index contributed by atoms with van der Waals surface area (Å²) in [6.45, 7) is 3.33. The van der Waals surface area contributed by atoms with Gasteiger partial charge in [-0.15, -0.1) is 0 Å². The van der Waals surface area contributed by atoms with Crippen LogP contribution in [0.4, 0.5) is 0 Å². The van der Waals surface area contributed by atoms with Crippen molar-refractivity contribution in [2.24, 2.45) is 0 Å². The molecule has 0 saturated heterocycles. The van der Waals surface area contributed by atoms with E-state index in [0.717, 1.165) is 5.56 Å². The van der Waals surface area contributed by atoms with Crippen molar-refractivity contribution < 1.29 is 9.84 Å². The summed E-state index contributed by atoms with van der Waals surface area (Å²) in [7, 11) is 0. The molecular weight excluding hydrogens is 142 g/mol. The molecule has 0 unspecified atom stereocenters. The number of aliphatic hydroxyl groups is 1. The van der Waals surface area contributed by atoms with Crippen LogP contribution in [0.2, 0.25) is 0 Å². The number of nitrogens with zero attached hydrogens (tertiary/aromatic N) is 1. The molecule has 1 aromatic heterocycles. The van der Waals surface area contributed by atoms with Gasteiger partial charge in [0.25, 0.3) is 0 Å². The van der Waals surface area contributed by atoms with Gasteiger partial charge in [-0.2, -0.15) is 0 Å². The first-order valence-electron chi connectivity index (χ1n) is 3.70. The molecule has 1 rings (SSSR count). The van der Waals surface area contributed by atoms with Crippen LogP contribution in [0.15, 0.2) is 18.5 Å². The summed E-state index contributed by atoms with van der Waals surface area (Å²) in [5, 5.41) is 8.72. The summed E-state index contributed by atoms with van der Waals surface area (Å²) in [5.74, 6) is 0. The molecule has 0 spiro atoms. The third kappa shape index (κ3) is 2.37. The molecule has 0 aliphatic carbocycles. The van der Waals surface area contributed by atoms with Crippen molar-refractivity contribution in [3.63, 3.8) is 0 Å². The van der Waals surface area contributed by atoms with Crippen molar-refractivity contribution in [2.45, 2.75) is 20.3 Å². The zero-order valence-electron chi connectivity index (χ0n) is 6.66. The summed E-state index contributed by atoms with van der Waals surface area (Å²) in [6, 6.07) is 1.87. The minimum Gasteiger partial charge on any atom is -0.392 e. The lowest BCUT2D eigenvalue weighted by atomic mass is 10.4. The van der Waals surface area contributed by atoms with Crippen molar-refractivity contribution in [1.82, 2.24) is 4.57 Å². The number of aliphatic hydroxyl groups excluding tert-OH is 1. The van der Waals surface area contributed by atoms with Gasteiger partial charge in [-0.05, 0) is 18.6 Å². The van der Waals surface area contributed by atoms with Crippen molar-refractivity contribution >= 4 is 0 Å². The minimum absolute atomic E-state index is 0.0964. The average molecular weight is 155 g/mol. The van der Waals surface area contributed by atoms with Crippen LogP contribution >= 0.6 is 0 Å². The maximum absolute atomic E-state index is 8.72. The number of hydrogen-bond acceptors (Lipinski definition) is 2. The highest BCUT2D eigenvalue weighted by molar-refractivity contribution is 5.08. The first kappa shape index (κ1) is 8.30. The topological polar surface area (TPSA) is 34.4 Å². The van der Waals surface area contributed by atoms with Crippen molar-refractivity contribution in [2.75, 3.05) is 6.61 Å². The van der Waals surface area contributed by atoms with Crippen molar-refractivity contribution in [3.05, 3.63) is 24.0 Å². The van der Waals surface area contributed by atoms with Crippen LogP contribution in [0.5, 0.6) is 0 Å². The normalized spacial score (nSPS) is 10.4. The second-order valence-electron chi connectivity index (χ2n) is 2.31. The highest BCUT2D eigenvalue weighted by Gasteiger charge is 1.93. The second-order valence-corrected chi connectivity index (χ2v) is 2.31. The number of hydrogen-bond donors (Lipinski definition) is 1. The van der Waals surface area contributed by atoms with Gasteiger partial charge >= 0.3 is 0 Å². The van der Waals surface area contributed by atoms with E-state index in [9.17, 15) is 0 Å². The van der Waals surface area contributed by atoms with Crippen LogP contribution in [0.3, 0.4) is 0 Å². The van der Waals surface area contributed by atoms with Gasteiger partial charge in [-0.3, -0.25) is 0 Å². The Morgan fingerprint density at radius 1 is 1.64 bits per heavy atom. The maximum atomic E-state index is 8.72. The first-order chi connectivity index (χ1) is 5.36. The highest BCUT2D eigenvalue weighted by Crippen LogP contribution is 2.00. The van der Waals surface area contributed by atoms with E-state index in [-0.39, 0.29) is 6.61 Å². The van der Waals surface area contributed by atoms with Crippen LogP contribution in [-0.4, -0.2) is 16.3 Å². The Bertz CT molecular complexity index is 208. The molecular formula is C8H13NO2. The van der Waals surface area contributed by atoms with E-state index in [1.807, 2.05) is 30.0 Å². The molecule has 0 saturated carbocycles. The molecule has 0 fully saturated rings. The molecule has 11 heavy (non-hydrogen) atoms. The Kier molecular flexibility index (Phi) is 3.14. The van der Waals surface area contributed by atoms with E-state index in [1.54, 1.807) is 0 Å². The fourth-order valence-corrected chi connectivity index (χ4v) is 0.861. The Morgan fingerprint density at radius 3 is 3.00 bits per heavy atom. The van der Waals surface area contributed by atoms with E-state index in [4.69, 9.17) is 9.84 Å². The van der Waals surface area contributed by atoms with Crippen LogP contribution in [0, 0.1) is 0 Å². The smallest absolute Gasteiger partial charge is 0.122 e. The fourth-order valence-electron chi connectivity index (χ4n) is 0.861. The summed E-state index contributed by atoms with van der Waals surface area (Å²) < 4.78 is 7.06. The molecule has 3 nitrogen and oxygen atoms in total. The third-order valence-electron chi connectivity index (χ3n) is 1.44. The van der Waals surface area contributed by atoms with Gasteiger partial charge in [0.1, 0.15) is 6.73 Å². The van der Waals surface area contributed by atoms with E-state index in [0.29, 0.717) is 13.3 Å². The van der Waals surface area contributed by atoms with Gasteiger partial charge in [-0.1, -0.05) is 0 Å². The van der Waals surface area contributed by atoms with E-state index < -0.39 is 0 Å². The minimum atomic E-state index is 0.0964. The lowest BCUT2D eigenvalue weighted by Crippen LogP contribution is -1.98. The monoisotopic (exact) mass is 155 g/mol. The molecule has 62 valence electrons. The molecule has 1 N–H and O–H groups in total. The molecule has 0 bridgehead atoms. The second kappa shape index (κ2) is 4.16. The molecule has 1 aromatic rings. The Labute approximate surface area is 66.2 Å². The SMILES string of the molecule is CCOCn1ccc(CO)c1. The van der Waals surface area contributed by atoms with E-state index in [1.165, 1.54) is 0 Å². The largest absolute Gasteiger partial charge is 0.392 e. The van der Waals surface area contributed by atoms with Crippen molar-refractivity contribution in [1.29, 1.82) is 0 Å². The molecule has 0 amide bonds. The molecule has 3 heteroatoms. The van der Waals surface area contributed by atoms with Crippen molar-refractivity contribution in [3.8, 4) is 0 Å². The Balaban J connectivity index is 2.44. The van der Waals surface area contributed by atoms with Gasteiger partial charge in [-0.25, -0.2) is 0 Å². The maximum Gasteiger partial charge on any atom is 0.122 e. The number of ether oxygens (including phenoxy) is 1. The van der Waals surface area contributed by atoms with Gasteiger partial charge in [0.15, 0.2) is 0 Å². The third-order valence-corrected chi connectivity index (χ3v) is 1.44. The zero-order valence-corrected chi connectivity index (χ0v) is 6.66. The standard InChI is InChI=1S/C8H13NO2/c1-2-11-7-9-4-3-8(5-9)6-10/h3-5,10H,2,6-7H2,1H3. The van der Waals surface area contributed by atoms with Gasteiger partial charge in [0.2, 0.25) is 0 Å². The average Bonchev–Trinajstić information content (AvgIpc) is 2.48. The summed E-state index contributed by atoms with van der Waals surface area (Å²) >= 11 is 0. The lowest BCUT2D eigenvalue weighted by molar-refractivity contribution is 0.0879. The van der Waals surface area contributed by atoms with Gasteiger partial charge < -0.3 is 14.4 Å². The predicted octanol–water partition coefficient (Wildman–Crippen LogP) is 0.974. The van der Waals surface area contributed by atoms with Crippen LogP contribution in [-0.2, 0) is 18.1 Å². The summed E-state index contributed by atoms with van der Waals surface area (Å²) in [5.41, 5.74) is 0.921. The first-order valence-corrected chi connectivity index (χ1v) is 3.70. The number of aromatic nitrogens is 1. The molecule has 0 radical (unpaired) electrons. The summed E-state index contributed by atoms with van der Waals surface area (Å²) in [6.07, 6.45) is 3.76. The predicted molar refractivity (Wildman–Crippen MR) is 42.0 cm³/mol. The van der Waals surface area contributed by atoms with E-state index >= 15 is 0 Å². The number of rotatable bonds is 4. The highest BCUT2D eigenvalue weighted by atomic mass is 16.5. The summed E-state index contributed by atoms with van der Waals surface area (Å²) in [4.78, 5) is 0. The zero-order chi connectivity index (χ0) is 8.10. The Morgan fingerprint density at radius 2 is 2.45 bits per heavy atom. The molecule has 0 aromatic carbocycles. The van der Waals surface area contributed by atoms with E-state index in [2.05, 4.69) is 0 Å². The lowest BCUT2D eigenvalue weighted by Gasteiger charge is -2.00.